The highest BCUT2D eigenvalue weighted by Crippen LogP contribution is 2.39. The predicted octanol–water partition coefficient (Wildman–Crippen LogP) is 4.20. The molecule has 4 rings (SSSR count). The molecule has 4 aromatic rings. The van der Waals surface area contributed by atoms with Crippen LogP contribution in [0.15, 0.2) is 54.9 Å². The molecule has 38 heavy (non-hydrogen) atoms. The topological polar surface area (TPSA) is 135 Å². The molecule has 0 aliphatic carbocycles. The zero-order valence-corrected chi connectivity index (χ0v) is 21.9. The number of hydrogen-bond donors (Lipinski definition) is 2. The minimum atomic E-state index is -0.410. The first kappa shape index (κ1) is 26.4. The van der Waals surface area contributed by atoms with Crippen LogP contribution in [-0.4, -0.2) is 78.2 Å². The molecule has 0 saturated carbocycles. The summed E-state index contributed by atoms with van der Waals surface area (Å²) in [4.78, 5) is 31.9. The summed E-state index contributed by atoms with van der Waals surface area (Å²) in [5.74, 6) is 1.99. The number of benzene rings is 2. The first-order chi connectivity index (χ1) is 18.3. The normalized spacial score (nSPS) is 10.9. The number of nitro benzene ring substituents is 1. The van der Waals surface area contributed by atoms with Gasteiger partial charge < -0.3 is 29.6 Å². The molecule has 0 radical (unpaired) electrons. The van der Waals surface area contributed by atoms with Crippen molar-refractivity contribution >= 4 is 23.0 Å². The molecule has 0 bridgehead atoms. The van der Waals surface area contributed by atoms with E-state index >= 15 is 0 Å². The lowest BCUT2D eigenvalue weighted by atomic mass is 10.2. The number of imidazole rings is 1. The molecule has 0 aliphatic rings. The zero-order chi connectivity index (χ0) is 27.2. The Kier molecular flexibility index (Phi) is 8.02. The van der Waals surface area contributed by atoms with Crippen molar-refractivity contribution in [3.05, 3.63) is 65.0 Å². The van der Waals surface area contributed by atoms with Crippen molar-refractivity contribution in [3.63, 3.8) is 0 Å². The second-order valence-electron chi connectivity index (χ2n) is 8.79. The number of likely N-dealkylation sites (N-methyl/N-ethyl adjacent to an activating group) is 2. The summed E-state index contributed by atoms with van der Waals surface area (Å²) in [6, 6.07) is 12.4. The van der Waals surface area contributed by atoms with E-state index in [0.29, 0.717) is 35.2 Å². The lowest BCUT2D eigenvalue weighted by Crippen LogP contribution is -2.28. The number of aromatic nitrogens is 4. The van der Waals surface area contributed by atoms with E-state index < -0.39 is 4.92 Å². The molecular formula is C26H30N8O4. The summed E-state index contributed by atoms with van der Waals surface area (Å²) in [7, 11) is 8.85. The van der Waals surface area contributed by atoms with Gasteiger partial charge in [-0.2, -0.15) is 0 Å². The Bertz CT molecular complexity index is 1400. The van der Waals surface area contributed by atoms with E-state index in [0.717, 1.165) is 23.6 Å². The molecule has 2 aromatic carbocycles. The van der Waals surface area contributed by atoms with Crippen LogP contribution in [0, 0.1) is 10.1 Å². The Morgan fingerprint density at radius 3 is 2.45 bits per heavy atom. The number of nitrogens with one attached hydrogen (secondary N) is 2. The summed E-state index contributed by atoms with van der Waals surface area (Å²) < 4.78 is 10.8. The third-order valence-electron chi connectivity index (χ3n) is 5.91. The molecule has 2 heterocycles. The van der Waals surface area contributed by atoms with Crippen molar-refractivity contribution in [1.82, 2.24) is 24.8 Å². The van der Waals surface area contributed by atoms with Crippen molar-refractivity contribution in [3.8, 4) is 34.3 Å². The van der Waals surface area contributed by atoms with Gasteiger partial charge in [-0.15, -0.1) is 0 Å². The van der Waals surface area contributed by atoms with E-state index in [1.54, 1.807) is 31.6 Å². The molecule has 2 N–H and O–H groups in total. The van der Waals surface area contributed by atoms with Gasteiger partial charge in [0, 0.05) is 38.5 Å². The van der Waals surface area contributed by atoms with Crippen molar-refractivity contribution < 1.29 is 14.4 Å². The quantitative estimate of drug-likeness (QED) is 0.220. The number of hydrogen-bond acceptors (Lipinski definition) is 10. The molecular weight excluding hydrogens is 488 g/mol. The maximum atomic E-state index is 11.9. The van der Waals surface area contributed by atoms with E-state index in [2.05, 4.69) is 25.3 Å². The highest BCUT2D eigenvalue weighted by molar-refractivity contribution is 5.77. The van der Waals surface area contributed by atoms with Gasteiger partial charge in [-0.3, -0.25) is 10.1 Å². The number of nitro groups is 1. The van der Waals surface area contributed by atoms with Crippen LogP contribution >= 0.6 is 0 Å². The summed E-state index contributed by atoms with van der Waals surface area (Å²) in [6.45, 7) is 1.35. The number of methoxy groups -OCH3 is 2. The third-order valence-corrected chi connectivity index (χ3v) is 5.91. The van der Waals surface area contributed by atoms with Crippen LogP contribution in [0.2, 0.25) is 0 Å². The van der Waals surface area contributed by atoms with E-state index in [1.165, 1.54) is 13.2 Å². The van der Waals surface area contributed by atoms with Crippen molar-refractivity contribution in [2.75, 3.05) is 58.7 Å². The highest BCUT2D eigenvalue weighted by atomic mass is 16.6. The van der Waals surface area contributed by atoms with Gasteiger partial charge >= 0.3 is 0 Å². The first-order valence-electron chi connectivity index (χ1n) is 11.8. The molecule has 2 aromatic heterocycles. The van der Waals surface area contributed by atoms with Gasteiger partial charge in [0.25, 0.3) is 5.69 Å². The van der Waals surface area contributed by atoms with Crippen molar-refractivity contribution in [1.29, 1.82) is 0 Å². The predicted molar refractivity (Wildman–Crippen MR) is 146 cm³/mol. The standard InChI is InChI=1S/C26H30N8O4/c1-32(2)12-13-33(3)22-15-24(38-5)20(14-23(22)34(35)36)31-26-27-11-10-19(30-26)25-28-16-21(29-25)17-6-8-18(37-4)9-7-17/h6-11,14-16H,12-13H2,1-5H3,(H,28,29)(H,27,30,31). The highest BCUT2D eigenvalue weighted by Gasteiger charge is 2.22. The molecule has 0 unspecified atom stereocenters. The number of aromatic amines is 1. The Morgan fingerprint density at radius 2 is 1.79 bits per heavy atom. The SMILES string of the molecule is COc1ccc(-c2cnc(-c3ccnc(Nc4cc([N+](=O)[O-])c(N(C)CCN(C)C)cc4OC)n3)[nH]2)cc1. The van der Waals surface area contributed by atoms with Crippen LogP contribution in [0.25, 0.3) is 22.8 Å². The smallest absolute Gasteiger partial charge is 0.294 e. The summed E-state index contributed by atoms with van der Waals surface area (Å²) in [6.07, 6.45) is 3.31. The first-order valence-corrected chi connectivity index (χ1v) is 11.8. The second kappa shape index (κ2) is 11.6. The average molecular weight is 519 g/mol. The van der Waals surface area contributed by atoms with Gasteiger partial charge in [-0.1, -0.05) is 0 Å². The molecule has 0 saturated heterocycles. The van der Waals surface area contributed by atoms with Crippen LogP contribution in [-0.2, 0) is 0 Å². The van der Waals surface area contributed by atoms with Crippen LogP contribution in [0.5, 0.6) is 11.5 Å². The lowest BCUT2D eigenvalue weighted by molar-refractivity contribution is -0.384. The molecule has 0 aliphatic heterocycles. The molecule has 198 valence electrons. The fourth-order valence-electron chi connectivity index (χ4n) is 3.79. The Hall–Kier alpha value is -4.71. The molecule has 12 heteroatoms. The van der Waals surface area contributed by atoms with Gasteiger partial charge in [0.15, 0.2) is 5.82 Å². The summed E-state index contributed by atoms with van der Waals surface area (Å²) >= 11 is 0. The monoisotopic (exact) mass is 518 g/mol. The molecule has 0 fully saturated rings. The van der Waals surface area contributed by atoms with Crippen LogP contribution in [0.1, 0.15) is 0 Å². The van der Waals surface area contributed by atoms with Crippen molar-refractivity contribution in [2.45, 2.75) is 0 Å². The second-order valence-corrected chi connectivity index (χ2v) is 8.79. The Balaban J connectivity index is 1.60. The van der Waals surface area contributed by atoms with Crippen LogP contribution in [0.4, 0.5) is 23.0 Å². The number of anilines is 3. The Labute approximate surface area is 220 Å². The minimum Gasteiger partial charge on any atom is -0.497 e. The maximum absolute atomic E-state index is 11.9. The van der Waals surface area contributed by atoms with Crippen LogP contribution in [0.3, 0.4) is 0 Å². The molecule has 0 spiro atoms. The van der Waals surface area contributed by atoms with Gasteiger partial charge in [-0.25, -0.2) is 15.0 Å². The number of H-pyrrole nitrogens is 1. The summed E-state index contributed by atoms with van der Waals surface area (Å²) in [5.41, 5.74) is 3.10. The molecule has 0 amide bonds. The zero-order valence-electron chi connectivity index (χ0n) is 21.9. The number of ether oxygens (including phenoxy) is 2. The van der Waals surface area contributed by atoms with Gasteiger partial charge in [0.05, 0.1) is 36.7 Å². The fourth-order valence-corrected chi connectivity index (χ4v) is 3.79. The minimum absolute atomic E-state index is 0.0547. The fraction of sp³-hybridized carbons (Fsp3) is 0.269. The average Bonchev–Trinajstić information content (AvgIpc) is 3.42. The molecule has 12 nitrogen and oxygen atoms in total. The van der Waals surface area contributed by atoms with E-state index in [-0.39, 0.29) is 11.6 Å². The van der Waals surface area contributed by atoms with Gasteiger partial charge in [0.2, 0.25) is 5.95 Å². The van der Waals surface area contributed by atoms with Gasteiger partial charge in [-0.05, 0) is 50.0 Å². The van der Waals surface area contributed by atoms with Crippen LogP contribution < -0.4 is 19.7 Å². The van der Waals surface area contributed by atoms with E-state index in [9.17, 15) is 10.1 Å². The van der Waals surface area contributed by atoms with Crippen molar-refractivity contribution in [2.24, 2.45) is 0 Å². The largest absolute Gasteiger partial charge is 0.497 e. The molecule has 0 atom stereocenters. The lowest BCUT2D eigenvalue weighted by Gasteiger charge is -2.22. The van der Waals surface area contributed by atoms with E-state index in [1.807, 2.05) is 55.2 Å². The summed E-state index contributed by atoms with van der Waals surface area (Å²) in [5, 5.41) is 15.0. The van der Waals surface area contributed by atoms with E-state index in [4.69, 9.17) is 9.47 Å². The number of rotatable bonds is 11. The number of nitrogens with zero attached hydrogens (tertiary/aromatic N) is 6. The third kappa shape index (κ3) is 5.98. The Morgan fingerprint density at radius 1 is 1.03 bits per heavy atom. The maximum Gasteiger partial charge on any atom is 0.294 e. The van der Waals surface area contributed by atoms with Gasteiger partial charge in [0.1, 0.15) is 22.9 Å².